The van der Waals surface area contributed by atoms with Crippen LogP contribution in [0.1, 0.15) is 5.56 Å². The van der Waals surface area contributed by atoms with E-state index in [1.807, 2.05) is 42.5 Å². The molecule has 3 rings (SSSR count). The number of para-hydroxylation sites is 3. The van der Waals surface area contributed by atoms with Crippen LogP contribution in [0, 0.1) is 0 Å². The van der Waals surface area contributed by atoms with Crippen LogP contribution in [0.25, 0.3) is 0 Å². The highest BCUT2D eigenvalue weighted by molar-refractivity contribution is 6.18. The van der Waals surface area contributed by atoms with Crippen LogP contribution in [-0.4, -0.2) is 49.0 Å². The Bertz CT molecular complexity index is 688. The molecule has 2 aromatic rings. The molecule has 1 aliphatic heterocycles. The summed E-state index contributed by atoms with van der Waals surface area (Å²) in [4.78, 5) is 4.72. The van der Waals surface area contributed by atoms with E-state index in [-0.39, 0.29) is 0 Å². The molecule has 0 amide bonds. The Morgan fingerprint density at radius 2 is 1.64 bits per heavy atom. The maximum absolute atomic E-state index is 9.26. The van der Waals surface area contributed by atoms with E-state index in [0.717, 1.165) is 49.7 Å². The van der Waals surface area contributed by atoms with E-state index in [1.165, 1.54) is 0 Å². The number of rotatable bonds is 6. The fraction of sp³-hybridized carbons (Fsp3) is 0.368. The van der Waals surface area contributed by atoms with Crippen LogP contribution in [0.2, 0.25) is 0 Å². The molecule has 1 heterocycles. The van der Waals surface area contributed by atoms with Gasteiger partial charge in [0.15, 0.2) is 0 Å². The number of hydrogen-bond donors (Lipinski definition) is 1. The Labute approximate surface area is 153 Å². The zero-order valence-corrected chi connectivity index (χ0v) is 15.0. The minimum absolute atomic E-state index is 0.622. The van der Waals surface area contributed by atoms with E-state index < -0.39 is 5.75 Å². The number of piperazine rings is 1. The smallest absolute Gasteiger partial charge is 0.277 e. The van der Waals surface area contributed by atoms with Gasteiger partial charge in [-0.3, -0.25) is 4.90 Å². The van der Waals surface area contributed by atoms with Gasteiger partial charge in [-0.2, -0.15) is 0 Å². The summed E-state index contributed by atoms with van der Waals surface area (Å²) in [5.41, 5.74) is 2.16. The minimum atomic E-state index is -1.33. The van der Waals surface area contributed by atoms with Crippen molar-refractivity contribution in [1.82, 2.24) is 4.90 Å². The predicted molar refractivity (Wildman–Crippen MR) is 99.4 cm³/mol. The van der Waals surface area contributed by atoms with Crippen LogP contribution in [0.4, 0.5) is 5.69 Å². The number of aliphatic hydroxyl groups excluding tert-OH is 1. The second kappa shape index (κ2) is 8.43. The molecule has 1 N–H and O–H groups in total. The van der Waals surface area contributed by atoms with Crippen molar-refractivity contribution in [2.24, 2.45) is 0 Å². The van der Waals surface area contributed by atoms with Crippen molar-refractivity contribution in [2.75, 3.05) is 38.2 Å². The van der Waals surface area contributed by atoms with Crippen molar-refractivity contribution < 1.29 is 14.6 Å². The maximum atomic E-state index is 9.26. The van der Waals surface area contributed by atoms with Crippen LogP contribution in [0.5, 0.6) is 11.5 Å². The van der Waals surface area contributed by atoms with Gasteiger partial charge in [0.05, 0.1) is 12.8 Å². The standard InChI is InChI=1S/C19H23ClN2O3/c1-24-18-9-5-3-7-16(18)22-12-10-21(11-13-22)14-15-6-2-4-8-17(15)25-19(20)23/h2-9,19,23H,10-14H2,1H3. The lowest BCUT2D eigenvalue weighted by Gasteiger charge is -2.36. The van der Waals surface area contributed by atoms with Gasteiger partial charge in [-0.15, -0.1) is 0 Å². The van der Waals surface area contributed by atoms with Crippen LogP contribution in [-0.2, 0) is 6.54 Å². The van der Waals surface area contributed by atoms with Crippen LogP contribution in [0.3, 0.4) is 0 Å². The Morgan fingerprint density at radius 1 is 1.00 bits per heavy atom. The molecule has 1 fully saturated rings. The van der Waals surface area contributed by atoms with Gasteiger partial charge < -0.3 is 19.5 Å². The molecule has 1 aliphatic rings. The van der Waals surface area contributed by atoms with Gasteiger partial charge >= 0.3 is 0 Å². The lowest BCUT2D eigenvalue weighted by Crippen LogP contribution is -2.46. The minimum Gasteiger partial charge on any atom is -0.495 e. The lowest BCUT2D eigenvalue weighted by molar-refractivity contribution is 0.0537. The molecule has 0 bridgehead atoms. The zero-order valence-electron chi connectivity index (χ0n) is 14.3. The van der Waals surface area contributed by atoms with Gasteiger partial charge in [-0.25, -0.2) is 0 Å². The number of nitrogens with zero attached hydrogens (tertiary/aromatic N) is 2. The van der Waals surface area contributed by atoms with Crippen LogP contribution >= 0.6 is 11.6 Å². The van der Waals surface area contributed by atoms with Gasteiger partial charge in [0.2, 0.25) is 0 Å². The van der Waals surface area contributed by atoms with Gasteiger partial charge in [-0.1, -0.05) is 30.3 Å². The summed E-state index contributed by atoms with van der Waals surface area (Å²) in [7, 11) is 1.71. The molecule has 25 heavy (non-hydrogen) atoms. The van der Waals surface area contributed by atoms with E-state index in [1.54, 1.807) is 7.11 Å². The zero-order chi connectivity index (χ0) is 17.6. The van der Waals surface area contributed by atoms with Crippen molar-refractivity contribution in [2.45, 2.75) is 12.3 Å². The van der Waals surface area contributed by atoms with Crippen molar-refractivity contribution in [3.63, 3.8) is 0 Å². The summed E-state index contributed by atoms with van der Waals surface area (Å²) in [6, 6.07) is 15.8. The molecular weight excluding hydrogens is 340 g/mol. The molecule has 5 nitrogen and oxygen atoms in total. The molecule has 1 atom stereocenters. The molecule has 6 heteroatoms. The molecule has 0 radical (unpaired) electrons. The molecule has 0 saturated carbocycles. The average Bonchev–Trinajstić information content (AvgIpc) is 2.63. The van der Waals surface area contributed by atoms with E-state index in [4.69, 9.17) is 21.1 Å². The summed E-state index contributed by atoms with van der Waals surface area (Å²) >= 11 is 5.54. The number of aliphatic hydroxyl groups is 1. The monoisotopic (exact) mass is 362 g/mol. The molecule has 2 aromatic carbocycles. The van der Waals surface area contributed by atoms with Gasteiger partial charge in [-0.05, 0) is 29.8 Å². The largest absolute Gasteiger partial charge is 0.495 e. The van der Waals surface area contributed by atoms with Crippen LogP contribution in [0.15, 0.2) is 48.5 Å². The van der Waals surface area contributed by atoms with E-state index in [2.05, 4.69) is 15.9 Å². The average molecular weight is 363 g/mol. The van der Waals surface area contributed by atoms with E-state index in [9.17, 15) is 5.11 Å². The summed E-state index contributed by atoms with van der Waals surface area (Å²) in [6.07, 6.45) is 0. The maximum Gasteiger partial charge on any atom is 0.277 e. The number of hydrogen-bond acceptors (Lipinski definition) is 5. The van der Waals surface area contributed by atoms with Gasteiger partial charge in [0.25, 0.3) is 5.75 Å². The number of alkyl halides is 1. The third-order valence-corrected chi connectivity index (χ3v) is 4.48. The molecule has 1 saturated heterocycles. The van der Waals surface area contributed by atoms with Crippen molar-refractivity contribution in [3.8, 4) is 11.5 Å². The topological polar surface area (TPSA) is 45.2 Å². The number of anilines is 1. The van der Waals surface area contributed by atoms with Crippen molar-refractivity contribution in [3.05, 3.63) is 54.1 Å². The van der Waals surface area contributed by atoms with Crippen molar-refractivity contribution in [1.29, 1.82) is 0 Å². The Morgan fingerprint density at radius 3 is 2.32 bits per heavy atom. The number of methoxy groups -OCH3 is 1. The predicted octanol–water partition coefficient (Wildman–Crippen LogP) is 2.91. The second-order valence-electron chi connectivity index (χ2n) is 5.95. The Hall–Kier alpha value is -1.95. The first-order chi connectivity index (χ1) is 12.2. The third kappa shape index (κ3) is 4.57. The highest BCUT2D eigenvalue weighted by atomic mass is 35.5. The lowest BCUT2D eigenvalue weighted by atomic mass is 10.1. The third-order valence-electron chi connectivity index (χ3n) is 4.39. The summed E-state index contributed by atoms with van der Waals surface area (Å²) in [6.45, 7) is 4.51. The highest BCUT2D eigenvalue weighted by Gasteiger charge is 2.20. The molecule has 1 unspecified atom stereocenters. The van der Waals surface area contributed by atoms with E-state index >= 15 is 0 Å². The fourth-order valence-electron chi connectivity index (χ4n) is 3.13. The summed E-state index contributed by atoms with van der Waals surface area (Å²) < 4.78 is 10.7. The number of benzene rings is 2. The Balaban J connectivity index is 1.62. The van der Waals surface area contributed by atoms with E-state index in [0.29, 0.717) is 5.75 Å². The molecular formula is C19H23ClN2O3. The first kappa shape index (κ1) is 17.9. The highest BCUT2D eigenvalue weighted by Crippen LogP contribution is 2.29. The number of ether oxygens (including phenoxy) is 2. The normalized spacial score (nSPS) is 16.5. The van der Waals surface area contributed by atoms with Gasteiger partial charge in [0, 0.05) is 38.3 Å². The first-order valence-corrected chi connectivity index (χ1v) is 8.78. The Kier molecular flexibility index (Phi) is 6.02. The molecule has 0 spiro atoms. The fourth-order valence-corrected chi connectivity index (χ4v) is 3.23. The summed E-state index contributed by atoms with van der Waals surface area (Å²) in [5.74, 6) is 0.200. The molecule has 0 aromatic heterocycles. The quantitative estimate of drug-likeness (QED) is 0.632. The van der Waals surface area contributed by atoms with Crippen LogP contribution < -0.4 is 14.4 Å². The molecule has 134 valence electrons. The second-order valence-corrected chi connectivity index (χ2v) is 6.33. The van der Waals surface area contributed by atoms with Crippen molar-refractivity contribution >= 4 is 17.3 Å². The first-order valence-electron chi connectivity index (χ1n) is 8.34. The van der Waals surface area contributed by atoms with Gasteiger partial charge in [0.1, 0.15) is 11.5 Å². The summed E-state index contributed by atoms with van der Waals surface area (Å²) in [5, 5.41) is 9.26. The number of halogens is 1. The molecule has 0 aliphatic carbocycles. The SMILES string of the molecule is COc1ccccc1N1CCN(Cc2ccccc2OC(O)Cl)CC1.